The van der Waals surface area contributed by atoms with Crippen LogP contribution in [0.3, 0.4) is 0 Å². The molecule has 1 fully saturated rings. The monoisotopic (exact) mass is 348 g/mol. The molecule has 1 aromatic rings. The molecule has 1 aromatic carbocycles. The van der Waals surface area contributed by atoms with Crippen LogP contribution >= 0.6 is 0 Å². The van der Waals surface area contributed by atoms with Gasteiger partial charge in [-0.3, -0.25) is 9.59 Å². The van der Waals surface area contributed by atoms with Crippen LogP contribution in [0.25, 0.3) is 0 Å². The van der Waals surface area contributed by atoms with E-state index in [-0.39, 0.29) is 31.2 Å². The number of nitrogens with zero attached hydrogens (tertiary/aromatic N) is 2. The molecule has 136 valence electrons. The second kappa shape index (κ2) is 9.05. The number of rotatable bonds is 5. The van der Waals surface area contributed by atoms with Crippen LogP contribution in [-0.4, -0.2) is 58.6 Å². The van der Waals surface area contributed by atoms with E-state index in [1.54, 1.807) is 4.90 Å². The van der Waals surface area contributed by atoms with Gasteiger partial charge in [-0.05, 0) is 24.8 Å². The Morgan fingerprint density at radius 1 is 1.20 bits per heavy atom. The van der Waals surface area contributed by atoms with Crippen molar-refractivity contribution in [3.05, 3.63) is 35.9 Å². The maximum atomic E-state index is 12.2. The van der Waals surface area contributed by atoms with E-state index in [0.717, 1.165) is 5.56 Å². The molecule has 1 saturated heterocycles. The Bertz CT molecular complexity index is 605. The molecule has 2 rings (SSSR count). The van der Waals surface area contributed by atoms with Crippen molar-refractivity contribution in [3.8, 4) is 0 Å². The minimum absolute atomic E-state index is 0.166. The van der Waals surface area contributed by atoms with E-state index in [1.807, 2.05) is 30.3 Å². The first-order valence-corrected chi connectivity index (χ1v) is 8.42. The number of benzene rings is 1. The molecule has 25 heavy (non-hydrogen) atoms. The summed E-state index contributed by atoms with van der Waals surface area (Å²) in [4.78, 5) is 37.9. The predicted molar refractivity (Wildman–Crippen MR) is 90.9 cm³/mol. The molecule has 1 atom stereocenters. The number of hydrogen-bond acceptors (Lipinski definition) is 4. The smallest absolute Gasteiger partial charge is 0.410 e. The second-order valence-corrected chi connectivity index (χ2v) is 6.15. The van der Waals surface area contributed by atoms with Gasteiger partial charge >= 0.3 is 12.1 Å². The molecule has 0 saturated carbocycles. The van der Waals surface area contributed by atoms with Crippen molar-refractivity contribution in [1.29, 1.82) is 0 Å². The summed E-state index contributed by atoms with van der Waals surface area (Å²) < 4.78 is 5.34. The Kier molecular flexibility index (Phi) is 6.80. The third kappa shape index (κ3) is 5.77. The third-order valence-electron chi connectivity index (χ3n) is 4.31. The molecule has 1 heterocycles. The van der Waals surface area contributed by atoms with E-state index in [9.17, 15) is 14.4 Å². The molecule has 7 nitrogen and oxygen atoms in total. The number of carbonyl (C=O) groups is 3. The minimum atomic E-state index is -1.03. The van der Waals surface area contributed by atoms with Crippen molar-refractivity contribution >= 4 is 18.0 Å². The number of carboxylic acids is 1. The quantitative estimate of drug-likeness (QED) is 0.880. The molecular formula is C18H24N2O5. The van der Waals surface area contributed by atoms with Crippen molar-refractivity contribution in [2.24, 2.45) is 0 Å². The zero-order valence-corrected chi connectivity index (χ0v) is 14.4. The molecule has 0 bridgehead atoms. The highest BCUT2D eigenvalue weighted by molar-refractivity contribution is 5.79. The number of carboxylic acid groups (broad SMARTS) is 1. The summed E-state index contributed by atoms with van der Waals surface area (Å²) >= 11 is 0. The lowest BCUT2D eigenvalue weighted by Crippen LogP contribution is -2.43. The fourth-order valence-corrected chi connectivity index (χ4v) is 3.03. The van der Waals surface area contributed by atoms with Gasteiger partial charge in [0.05, 0.1) is 0 Å². The Morgan fingerprint density at radius 3 is 2.56 bits per heavy atom. The molecule has 1 aliphatic rings. The Balaban J connectivity index is 1.88. The summed E-state index contributed by atoms with van der Waals surface area (Å²) in [5, 5.41) is 8.97. The van der Waals surface area contributed by atoms with Crippen molar-refractivity contribution in [2.45, 2.75) is 38.8 Å². The maximum Gasteiger partial charge on any atom is 0.410 e. The first-order chi connectivity index (χ1) is 12.0. The van der Waals surface area contributed by atoms with Crippen LogP contribution in [0.1, 0.15) is 31.7 Å². The zero-order valence-electron chi connectivity index (χ0n) is 14.4. The summed E-state index contributed by atoms with van der Waals surface area (Å²) in [5.41, 5.74) is 0.924. The number of amides is 2. The number of likely N-dealkylation sites (tertiary alicyclic amines) is 1. The van der Waals surface area contributed by atoms with E-state index in [1.165, 1.54) is 11.8 Å². The molecular weight excluding hydrogens is 324 g/mol. The van der Waals surface area contributed by atoms with Gasteiger partial charge < -0.3 is 19.6 Å². The standard InChI is InChI=1S/C18H24N2O5/c1-14(21)20(12-17(22)23)16-8-5-10-19(11-9-16)18(24)25-13-15-6-3-2-4-7-15/h2-4,6-7,16H,5,8-13H2,1H3,(H,22,23). The molecule has 7 heteroatoms. The van der Waals surface area contributed by atoms with E-state index in [2.05, 4.69) is 0 Å². The number of carbonyl (C=O) groups excluding carboxylic acids is 2. The molecule has 1 aliphatic heterocycles. The van der Waals surface area contributed by atoms with Crippen LogP contribution in [0.2, 0.25) is 0 Å². The first-order valence-electron chi connectivity index (χ1n) is 8.42. The molecule has 0 aliphatic carbocycles. The van der Waals surface area contributed by atoms with Gasteiger partial charge in [0, 0.05) is 26.1 Å². The Hall–Kier alpha value is -2.57. The highest BCUT2D eigenvalue weighted by atomic mass is 16.6. The number of ether oxygens (including phenoxy) is 1. The largest absolute Gasteiger partial charge is 0.480 e. The van der Waals surface area contributed by atoms with Crippen molar-refractivity contribution in [1.82, 2.24) is 9.80 Å². The number of hydrogen-bond donors (Lipinski definition) is 1. The highest BCUT2D eigenvalue weighted by Crippen LogP contribution is 2.18. The summed E-state index contributed by atoms with van der Waals surface area (Å²) in [6.45, 7) is 2.28. The van der Waals surface area contributed by atoms with Crippen molar-refractivity contribution < 1.29 is 24.2 Å². The van der Waals surface area contributed by atoms with E-state index < -0.39 is 5.97 Å². The van der Waals surface area contributed by atoms with Crippen LogP contribution < -0.4 is 0 Å². The molecule has 1 N–H and O–H groups in total. The normalized spacial score (nSPS) is 17.5. The average molecular weight is 348 g/mol. The van der Waals surface area contributed by atoms with Crippen LogP contribution in [0.5, 0.6) is 0 Å². The van der Waals surface area contributed by atoms with Crippen molar-refractivity contribution in [2.75, 3.05) is 19.6 Å². The molecule has 0 radical (unpaired) electrons. The van der Waals surface area contributed by atoms with Crippen LogP contribution in [0, 0.1) is 0 Å². The summed E-state index contributed by atoms with van der Waals surface area (Å²) in [5.74, 6) is -1.29. The van der Waals surface area contributed by atoms with Gasteiger partial charge in [0.1, 0.15) is 13.2 Å². The van der Waals surface area contributed by atoms with Crippen LogP contribution in [-0.2, 0) is 20.9 Å². The topological polar surface area (TPSA) is 87.2 Å². The summed E-state index contributed by atoms with van der Waals surface area (Å²) in [7, 11) is 0. The zero-order chi connectivity index (χ0) is 18.2. The molecule has 0 aromatic heterocycles. The fraction of sp³-hybridized carbons (Fsp3) is 0.500. The maximum absolute atomic E-state index is 12.2. The van der Waals surface area contributed by atoms with E-state index in [4.69, 9.17) is 9.84 Å². The van der Waals surface area contributed by atoms with Gasteiger partial charge in [0.25, 0.3) is 0 Å². The van der Waals surface area contributed by atoms with Crippen LogP contribution in [0.15, 0.2) is 30.3 Å². The molecule has 0 spiro atoms. The van der Waals surface area contributed by atoms with Gasteiger partial charge in [0.15, 0.2) is 0 Å². The van der Waals surface area contributed by atoms with Gasteiger partial charge in [0.2, 0.25) is 5.91 Å². The first kappa shape index (κ1) is 18.8. The van der Waals surface area contributed by atoms with Crippen LogP contribution in [0.4, 0.5) is 4.79 Å². The van der Waals surface area contributed by atoms with Crippen molar-refractivity contribution in [3.63, 3.8) is 0 Å². The third-order valence-corrected chi connectivity index (χ3v) is 4.31. The second-order valence-electron chi connectivity index (χ2n) is 6.15. The predicted octanol–water partition coefficient (Wildman–Crippen LogP) is 2.11. The average Bonchev–Trinajstić information content (AvgIpc) is 2.84. The highest BCUT2D eigenvalue weighted by Gasteiger charge is 2.28. The summed E-state index contributed by atoms with van der Waals surface area (Å²) in [6, 6.07) is 9.29. The number of aliphatic carboxylic acids is 1. The lowest BCUT2D eigenvalue weighted by molar-refractivity contribution is -0.145. The molecule has 1 unspecified atom stereocenters. The lowest BCUT2D eigenvalue weighted by atomic mass is 10.1. The van der Waals surface area contributed by atoms with Gasteiger partial charge in [-0.2, -0.15) is 0 Å². The van der Waals surface area contributed by atoms with Gasteiger partial charge in [-0.25, -0.2) is 4.79 Å². The van der Waals surface area contributed by atoms with E-state index in [0.29, 0.717) is 32.4 Å². The molecule has 2 amide bonds. The van der Waals surface area contributed by atoms with E-state index >= 15 is 0 Å². The SMILES string of the molecule is CC(=O)N(CC(=O)O)C1CCCN(C(=O)OCc2ccccc2)CC1. The Morgan fingerprint density at radius 2 is 1.92 bits per heavy atom. The van der Waals surface area contributed by atoms with Gasteiger partial charge in [-0.1, -0.05) is 30.3 Å². The fourth-order valence-electron chi connectivity index (χ4n) is 3.03. The Labute approximate surface area is 147 Å². The lowest BCUT2D eigenvalue weighted by Gasteiger charge is -2.28. The summed E-state index contributed by atoms with van der Waals surface area (Å²) in [6.07, 6.45) is 1.55. The van der Waals surface area contributed by atoms with Gasteiger partial charge in [-0.15, -0.1) is 0 Å². The minimum Gasteiger partial charge on any atom is -0.480 e.